The molecule has 0 saturated heterocycles. The lowest BCUT2D eigenvalue weighted by atomic mass is 10.2. The van der Waals surface area contributed by atoms with Crippen molar-refractivity contribution in [2.75, 3.05) is 0 Å². The average Bonchev–Trinajstić information content (AvgIpc) is 3.13. The molecule has 5 nitrogen and oxygen atoms in total. The van der Waals surface area contributed by atoms with E-state index in [1.807, 2.05) is 6.92 Å². The molecule has 2 atom stereocenters. The monoisotopic (exact) mass is 313 g/mol. The molecule has 0 amide bonds. The molecule has 114 valence electrons. The molecule has 7 heteroatoms. The lowest BCUT2D eigenvalue weighted by molar-refractivity contribution is -0.131. The summed E-state index contributed by atoms with van der Waals surface area (Å²) in [4.78, 5) is 9.97. The molecule has 1 saturated carbocycles. The van der Waals surface area contributed by atoms with Crippen molar-refractivity contribution < 1.29 is 22.7 Å². The van der Waals surface area contributed by atoms with E-state index in [9.17, 15) is 17.6 Å². The van der Waals surface area contributed by atoms with Gasteiger partial charge in [0, 0.05) is 12.1 Å². The molecule has 1 aromatic rings. The zero-order chi connectivity index (χ0) is 15.6. The van der Waals surface area contributed by atoms with Crippen LogP contribution in [0.2, 0.25) is 0 Å². The quantitative estimate of drug-likeness (QED) is 0.787. The van der Waals surface area contributed by atoms with Gasteiger partial charge in [0.15, 0.2) is 0 Å². The Morgan fingerprint density at radius 3 is 2.76 bits per heavy atom. The van der Waals surface area contributed by atoms with Crippen LogP contribution in [0.4, 0.5) is 4.39 Å². The van der Waals surface area contributed by atoms with Gasteiger partial charge in [0.05, 0.1) is 0 Å². The number of halogens is 1. The number of sulfonamides is 1. The van der Waals surface area contributed by atoms with Gasteiger partial charge in [-0.25, -0.2) is 22.3 Å². The van der Waals surface area contributed by atoms with Crippen LogP contribution in [-0.2, 0) is 14.8 Å². The van der Waals surface area contributed by atoms with E-state index < -0.39 is 26.7 Å². The van der Waals surface area contributed by atoms with Crippen LogP contribution in [0.1, 0.15) is 25.3 Å². The van der Waals surface area contributed by atoms with Gasteiger partial charge >= 0.3 is 5.97 Å². The maximum absolute atomic E-state index is 13.9. The number of hydrogen-bond acceptors (Lipinski definition) is 3. The molecule has 2 N–H and O–H groups in total. The Hall–Kier alpha value is -1.73. The third kappa shape index (κ3) is 3.89. The van der Waals surface area contributed by atoms with Crippen molar-refractivity contribution in [2.45, 2.75) is 30.7 Å². The fraction of sp³-hybridized carbons (Fsp3) is 0.357. The second kappa shape index (κ2) is 5.95. The smallest absolute Gasteiger partial charge is 0.328 e. The van der Waals surface area contributed by atoms with Gasteiger partial charge in [-0.1, -0.05) is 19.4 Å². The molecule has 1 aromatic carbocycles. The van der Waals surface area contributed by atoms with Gasteiger partial charge in [-0.2, -0.15) is 0 Å². The second-order valence-corrected chi connectivity index (χ2v) is 6.68. The van der Waals surface area contributed by atoms with E-state index in [0.29, 0.717) is 5.92 Å². The summed E-state index contributed by atoms with van der Waals surface area (Å²) in [5.41, 5.74) is 0.284. The molecule has 0 aromatic heterocycles. The third-order valence-electron chi connectivity index (χ3n) is 3.42. The summed E-state index contributed by atoms with van der Waals surface area (Å²) in [5.74, 6) is -1.74. The number of carboxylic acid groups (broad SMARTS) is 1. The first-order chi connectivity index (χ1) is 9.83. The summed E-state index contributed by atoms with van der Waals surface area (Å²) in [7, 11) is -3.88. The number of rotatable bonds is 6. The molecule has 2 unspecified atom stereocenters. The summed E-state index contributed by atoms with van der Waals surface area (Å²) < 4.78 is 40.6. The standard InChI is InChI=1S/C14H16FNO4S/c1-2-10-8-12(10)16-21(19,20)13-5-3-9(7-11(13)15)4-6-14(17)18/h3-7,10,12,16H,2,8H2,1H3,(H,17,18)/b6-4+. The van der Waals surface area contributed by atoms with E-state index in [4.69, 9.17) is 5.11 Å². The van der Waals surface area contributed by atoms with Crippen LogP contribution in [0, 0.1) is 11.7 Å². The summed E-state index contributed by atoms with van der Waals surface area (Å²) in [6.07, 6.45) is 3.71. The largest absolute Gasteiger partial charge is 0.478 e. The highest BCUT2D eigenvalue weighted by Gasteiger charge is 2.39. The van der Waals surface area contributed by atoms with Crippen LogP contribution < -0.4 is 4.72 Å². The van der Waals surface area contributed by atoms with Gasteiger partial charge in [-0.3, -0.25) is 0 Å². The van der Waals surface area contributed by atoms with Crippen molar-refractivity contribution in [2.24, 2.45) is 5.92 Å². The Balaban J connectivity index is 2.18. The van der Waals surface area contributed by atoms with Crippen LogP contribution in [0.25, 0.3) is 6.08 Å². The molecule has 0 aliphatic heterocycles. The maximum Gasteiger partial charge on any atom is 0.328 e. The van der Waals surface area contributed by atoms with Gasteiger partial charge < -0.3 is 5.11 Å². The number of aliphatic carboxylic acids is 1. The van der Waals surface area contributed by atoms with Gasteiger partial charge in [0.2, 0.25) is 10.0 Å². The van der Waals surface area contributed by atoms with Crippen LogP contribution >= 0.6 is 0 Å². The predicted octanol–water partition coefficient (Wildman–Crippen LogP) is 2.00. The first kappa shape index (κ1) is 15.7. The summed E-state index contributed by atoms with van der Waals surface area (Å²) >= 11 is 0. The Morgan fingerprint density at radius 2 is 2.24 bits per heavy atom. The highest BCUT2D eigenvalue weighted by molar-refractivity contribution is 7.89. The summed E-state index contributed by atoms with van der Waals surface area (Å²) in [5, 5.41) is 8.50. The third-order valence-corrected chi connectivity index (χ3v) is 4.94. The van der Waals surface area contributed by atoms with Crippen molar-refractivity contribution in [3.63, 3.8) is 0 Å². The van der Waals surface area contributed by atoms with Gasteiger partial charge in [-0.15, -0.1) is 0 Å². The van der Waals surface area contributed by atoms with Crippen LogP contribution in [0.15, 0.2) is 29.2 Å². The first-order valence-electron chi connectivity index (χ1n) is 6.56. The highest BCUT2D eigenvalue weighted by atomic mass is 32.2. The minimum absolute atomic E-state index is 0.119. The van der Waals surface area contributed by atoms with Crippen molar-refractivity contribution in [3.8, 4) is 0 Å². The van der Waals surface area contributed by atoms with E-state index in [1.165, 1.54) is 12.1 Å². The molecule has 1 aliphatic carbocycles. The molecule has 2 rings (SSSR count). The van der Waals surface area contributed by atoms with Gasteiger partial charge in [-0.05, 0) is 36.1 Å². The van der Waals surface area contributed by atoms with Gasteiger partial charge in [0.1, 0.15) is 10.7 Å². The van der Waals surface area contributed by atoms with Crippen LogP contribution in [0.5, 0.6) is 0 Å². The topological polar surface area (TPSA) is 83.5 Å². The molecule has 0 radical (unpaired) electrons. The van der Waals surface area contributed by atoms with E-state index in [1.54, 1.807) is 0 Å². The molecule has 1 aliphatic rings. The first-order valence-corrected chi connectivity index (χ1v) is 8.04. The molecular formula is C14H16FNO4S. The number of hydrogen-bond donors (Lipinski definition) is 2. The summed E-state index contributed by atoms with van der Waals surface area (Å²) in [6, 6.07) is 3.38. The van der Waals surface area contributed by atoms with E-state index in [0.717, 1.165) is 31.1 Å². The number of nitrogens with one attached hydrogen (secondary N) is 1. The highest BCUT2D eigenvalue weighted by Crippen LogP contribution is 2.34. The Morgan fingerprint density at radius 1 is 1.52 bits per heavy atom. The minimum atomic E-state index is -3.88. The average molecular weight is 313 g/mol. The van der Waals surface area contributed by atoms with Crippen LogP contribution in [-0.4, -0.2) is 25.5 Å². The second-order valence-electron chi connectivity index (χ2n) is 4.99. The Kier molecular flexibility index (Phi) is 4.43. The van der Waals surface area contributed by atoms with Crippen molar-refractivity contribution >= 4 is 22.1 Å². The van der Waals surface area contributed by atoms with Crippen molar-refractivity contribution in [1.29, 1.82) is 0 Å². The van der Waals surface area contributed by atoms with Crippen LogP contribution in [0.3, 0.4) is 0 Å². The predicted molar refractivity (Wildman–Crippen MR) is 75.6 cm³/mol. The molecule has 21 heavy (non-hydrogen) atoms. The fourth-order valence-electron chi connectivity index (χ4n) is 2.11. The van der Waals surface area contributed by atoms with E-state index in [2.05, 4.69) is 4.72 Å². The van der Waals surface area contributed by atoms with Gasteiger partial charge in [0.25, 0.3) is 0 Å². The minimum Gasteiger partial charge on any atom is -0.478 e. The van der Waals surface area contributed by atoms with E-state index in [-0.39, 0.29) is 11.6 Å². The number of carboxylic acids is 1. The Labute approximate surface area is 122 Å². The molecule has 0 heterocycles. The molecular weight excluding hydrogens is 297 g/mol. The van der Waals surface area contributed by atoms with Crippen molar-refractivity contribution in [1.82, 2.24) is 4.72 Å². The molecule has 1 fully saturated rings. The number of carbonyl (C=O) groups is 1. The normalized spacial score (nSPS) is 21.6. The zero-order valence-corrected chi connectivity index (χ0v) is 12.2. The van der Waals surface area contributed by atoms with Crippen molar-refractivity contribution in [3.05, 3.63) is 35.7 Å². The maximum atomic E-state index is 13.9. The SMILES string of the molecule is CCC1CC1NS(=O)(=O)c1ccc(/C=C/C(=O)O)cc1F. The van der Waals surface area contributed by atoms with E-state index >= 15 is 0 Å². The lowest BCUT2D eigenvalue weighted by Crippen LogP contribution is -2.27. The fourth-order valence-corrected chi connectivity index (χ4v) is 3.49. The summed E-state index contributed by atoms with van der Waals surface area (Å²) in [6.45, 7) is 1.98. The Bertz CT molecular complexity index is 684. The molecule has 0 spiro atoms. The molecule has 0 bridgehead atoms. The number of benzene rings is 1. The lowest BCUT2D eigenvalue weighted by Gasteiger charge is -2.07. The zero-order valence-electron chi connectivity index (χ0n) is 11.4.